The van der Waals surface area contributed by atoms with Crippen molar-refractivity contribution in [2.24, 2.45) is 0 Å². The van der Waals surface area contributed by atoms with Gasteiger partial charge in [0.2, 0.25) is 0 Å². The lowest BCUT2D eigenvalue weighted by Crippen LogP contribution is -2.05. The molecule has 0 spiro atoms. The third-order valence-electron chi connectivity index (χ3n) is 2.95. The Balaban J connectivity index is 1.99. The van der Waals surface area contributed by atoms with E-state index in [1.54, 1.807) is 11.3 Å². The molecule has 3 nitrogen and oxygen atoms in total. The summed E-state index contributed by atoms with van der Waals surface area (Å²) < 4.78 is 8.09. The van der Waals surface area contributed by atoms with E-state index < -0.39 is 0 Å². The van der Waals surface area contributed by atoms with Crippen LogP contribution in [0.2, 0.25) is 0 Å². The molecule has 0 bridgehead atoms. The van der Waals surface area contributed by atoms with Gasteiger partial charge in [0.1, 0.15) is 5.75 Å². The average Bonchev–Trinajstić information content (AvgIpc) is 3.00. The Labute approximate surface area is 116 Å². The van der Waals surface area contributed by atoms with E-state index >= 15 is 0 Å². The fourth-order valence-corrected chi connectivity index (χ4v) is 2.77. The SMILES string of the molecule is CC(C)Oc1cccc2c1ccn2Cc1cncs1. The number of hydrogen-bond acceptors (Lipinski definition) is 3. The van der Waals surface area contributed by atoms with E-state index in [2.05, 4.69) is 27.9 Å². The number of fused-ring (bicyclic) bond motifs is 1. The summed E-state index contributed by atoms with van der Waals surface area (Å²) in [4.78, 5) is 5.38. The van der Waals surface area contributed by atoms with Crippen LogP contribution in [0.5, 0.6) is 5.75 Å². The highest BCUT2D eigenvalue weighted by Gasteiger charge is 2.08. The third-order valence-corrected chi connectivity index (χ3v) is 3.71. The maximum absolute atomic E-state index is 5.85. The van der Waals surface area contributed by atoms with Crippen molar-refractivity contribution in [3.63, 3.8) is 0 Å². The van der Waals surface area contributed by atoms with E-state index in [-0.39, 0.29) is 6.10 Å². The van der Waals surface area contributed by atoms with Gasteiger partial charge in [-0.1, -0.05) is 6.07 Å². The highest BCUT2D eigenvalue weighted by Crippen LogP contribution is 2.28. The molecule has 0 saturated heterocycles. The van der Waals surface area contributed by atoms with Gasteiger partial charge in [-0.05, 0) is 32.0 Å². The van der Waals surface area contributed by atoms with Crippen molar-refractivity contribution in [1.82, 2.24) is 9.55 Å². The quantitative estimate of drug-likeness (QED) is 0.719. The zero-order chi connectivity index (χ0) is 13.2. The predicted octanol–water partition coefficient (Wildman–Crippen LogP) is 3.93. The molecule has 0 fully saturated rings. The normalized spacial score (nSPS) is 11.3. The molecule has 0 atom stereocenters. The second-order valence-corrected chi connectivity index (χ2v) is 5.74. The number of benzene rings is 1. The highest BCUT2D eigenvalue weighted by molar-refractivity contribution is 7.09. The zero-order valence-corrected chi connectivity index (χ0v) is 11.9. The first-order chi connectivity index (χ1) is 9.24. The van der Waals surface area contributed by atoms with E-state index in [1.165, 1.54) is 15.8 Å². The minimum atomic E-state index is 0.190. The molecule has 0 aliphatic heterocycles. The molecule has 3 rings (SSSR count). The van der Waals surface area contributed by atoms with Gasteiger partial charge in [-0.3, -0.25) is 4.98 Å². The number of aromatic nitrogens is 2. The summed E-state index contributed by atoms with van der Waals surface area (Å²) in [7, 11) is 0. The van der Waals surface area contributed by atoms with Crippen LogP contribution in [0, 0.1) is 0 Å². The molecule has 0 amide bonds. The van der Waals surface area contributed by atoms with Gasteiger partial charge in [-0.25, -0.2) is 0 Å². The van der Waals surface area contributed by atoms with Crippen LogP contribution in [-0.4, -0.2) is 15.7 Å². The number of rotatable bonds is 4. The smallest absolute Gasteiger partial charge is 0.129 e. The van der Waals surface area contributed by atoms with Crippen molar-refractivity contribution in [2.45, 2.75) is 26.5 Å². The standard InChI is InChI=1S/C15H16N2OS/c1-11(2)18-15-5-3-4-14-13(15)6-7-17(14)9-12-8-16-10-19-12/h3-8,10-11H,9H2,1-2H3. The molecular weight excluding hydrogens is 256 g/mol. The molecule has 2 aromatic heterocycles. The second kappa shape index (κ2) is 5.05. The fraction of sp³-hybridized carbons (Fsp3) is 0.267. The molecular formula is C15H16N2OS. The molecule has 0 aliphatic rings. The van der Waals surface area contributed by atoms with Crippen molar-refractivity contribution in [3.05, 3.63) is 47.0 Å². The Hall–Kier alpha value is -1.81. The van der Waals surface area contributed by atoms with Gasteiger partial charge in [0.05, 0.1) is 23.7 Å². The summed E-state index contributed by atoms with van der Waals surface area (Å²) >= 11 is 1.68. The first-order valence-corrected chi connectivity index (χ1v) is 7.24. The Morgan fingerprint density at radius 3 is 2.95 bits per heavy atom. The van der Waals surface area contributed by atoms with Crippen LogP contribution in [-0.2, 0) is 6.54 Å². The molecule has 0 saturated carbocycles. The molecule has 1 aromatic carbocycles. The molecule has 4 heteroatoms. The van der Waals surface area contributed by atoms with E-state index in [0.717, 1.165) is 12.3 Å². The largest absolute Gasteiger partial charge is 0.490 e. The van der Waals surface area contributed by atoms with Gasteiger partial charge in [0.25, 0.3) is 0 Å². The number of ether oxygens (including phenoxy) is 1. The van der Waals surface area contributed by atoms with Crippen molar-refractivity contribution in [2.75, 3.05) is 0 Å². The fourth-order valence-electron chi connectivity index (χ4n) is 2.18. The lowest BCUT2D eigenvalue weighted by Gasteiger charge is -2.11. The summed E-state index contributed by atoms with van der Waals surface area (Å²) in [5.74, 6) is 0.954. The molecule has 0 N–H and O–H groups in total. The summed E-state index contributed by atoms with van der Waals surface area (Å²) in [5, 5.41) is 1.17. The molecule has 3 aromatic rings. The maximum atomic E-state index is 5.85. The number of hydrogen-bond donors (Lipinski definition) is 0. The van der Waals surface area contributed by atoms with Crippen molar-refractivity contribution >= 4 is 22.2 Å². The Morgan fingerprint density at radius 2 is 2.21 bits per heavy atom. The van der Waals surface area contributed by atoms with Crippen molar-refractivity contribution < 1.29 is 4.74 Å². The topological polar surface area (TPSA) is 27.1 Å². The molecule has 0 aliphatic carbocycles. The van der Waals surface area contributed by atoms with E-state index in [4.69, 9.17) is 4.74 Å². The van der Waals surface area contributed by atoms with E-state index in [0.29, 0.717) is 0 Å². The van der Waals surface area contributed by atoms with E-state index in [9.17, 15) is 0 Å². The highest BCUT2D eigenvalue weighted by atomic mass is 32.1. The first kappa shape index (κ1) is 12.2. The zero-order valence-electron chi connectivity index (χ0n) is 11.0. The minimum absolute atomic E-state index is 0.190. The maximum Gasteiger partial charge on any atom is 0.129 e. The lowest BCUT2D eigenvalue weighted by molar-refractivity contribution is 0.245. The Kier molecular flexibility index (Phi) is 3.25. The Bertz CT molecular complexity index is 671. The summed E-state index contributed by atoms with van der Waals surface area (Å²) in [6, 6.07) is 8.32. The average molecular weight is 272 g/mol. The van der Waals surface area contributed by atoms with Gasteiger partial charge in [-0.2, -0.15) is 0 Å². The van der Waals surface area contributed by atoms with Crippen LogP contribution in [0.3, 0.4) is 0 Å². The van der Waals surface area contributed by atoms with Crippen LogP contribution in [0.25, 0.3) is 10.9 Å². The van der Waals surface area contributed by atoms with E-state index in [1.807, 2.05) is 37.7 Å². The molecule has 98 valence electrons. The monoisotopic (exact) mass is 272 g/mol. The summed E-state index contributed by atoms with van der Waals surface area (Å²) in [5.41, 5.74) is 3.07. The summed E-state index contributed by atoms with van der Waals surface area (Å²) in [6.45, 7) is 4.96. The van der Waals surface area contributed by atoms with Gasteiger partial charge in [0, 0.05) is 22.7 Å². The van der Waals surface area contributed by atoms with Crippen molar-refractivity contribution in [1.29, 1.82) is 0 Å². The van der Waals surface area contributed by atoms with Gasteiger partial charge >= 0.3 is 0 Å². The van der Waals surface area contributed by atoms with Gasteiger partial charge in [-0.15, -0.1) is 11.3 Å². The Morgan fingerprint density at radius 1 is 1.32 bits per heavy atom. The number of thiazole rings is 1. The summed E-state index contributed by atoms with van der Waals surface area (Å²) in [6.07, 6.45) is 4.22. The minimum Gasteiger partial charge on any atom is -0.490 e. The van der Waals surface area contributed by atoms with Gasteiger partial charge in [0.15, 0.2) is 0 Å². The molecule has 19 heavy (non-hydrogen) atoms. The van der Waals surface area contributed by atoms with Crippen LogP contribution < -0.4 is 4.74 Å². The number of nitrogens with zero attached hydrogens (tertiary/aromatic N) is 2. The van der Waals surface area contributed by atoms with Crippen LogP contribution in [0.4, 0.5) is 0 Å². The lowest BCUT2D eigenvalue weighted by atomic mass is 10.2. The molecule has 0 radical (unpaired) electrons. The van der Waals surface area contributed by atoms with Crippen LogP contribution in [0.1, 0.15) is 18.7 Å². The van der Waals surface area contributed by atoms with Gasteiger partial charge < -0.3 is 9.30 Å². The van der Waals surface area contributed by atoms with Crippen molar-refractivity contribution in [3.8, 4) is 5.75 Å². The third kappa shape index (κ3) is 2.49. The predicted molar refractivity (Wildman–Crippen MR) is 78.9 cm³/mol. The second-order valence-electron chi connectivity index (χ2n) is 4.77. The van der Waals surface area contributed by atoms with Crippen LogP contribution >= 0.6 is 11.3 Å². The molecule has 2 heterocycles. The van der Waals surface area contributed by atoms with Crippen LogP contribution in [0.15, 0.2) is 42.2 Å². The first-order valence-electron chi connectivity index (χ1n) is 6.36. The molecule has 0 unspecified atom stereocenters.